The van der Waals surface area contributed by atoms with Crippen molar-refractivity contribution in [1.82, 2.24) is 4.90 Å². The van der Waals surface area contributed by atoms with Gasteiger partial charge in [-0.15, -0.1) is 6.42 Å². The lowest BCUT2D eigenvalue weighted by Crippen LogP contribution is -2.29. The fourth-order valence-electron chi connectivity index (χ4n) is 1.37. The minimum absolute atomic E-state index is 0.647. The van der Waals surface area contributed by atoms with E-state index >= 15 is 0 Å². The van der Waals surface area contributed by atoms with Crippen molar-refractivity contribution in [2.45, 2.75) is 6.54 Å². The van der Waals surface area contributed by atoms with Crippen LogP contribution in [0.1, 0.15) is 5.56 Å². The third-order valence-electron chi connectivity index (χ3n) is 2.01. The predicted octanol–water partition coefficient (Wildman–Crippen LogP) is 1.08. The van der Waals surface area contributed by atoms with Gasteiger partial charge in [0.05, 0.1) is 6.54 Å². The molecule has 0 heterocycles. The molecule has 2 N–H and O–H groups in total. The second-order valence-electron chi connectivity index (χ2n) is 3.19. The Morgan fingerprint density at radius 2 is 2.00 bits per heavy atom. The first-order valence-corrected chi connectivity index (χ1v) is 4.76. The van der Waals surface area contributed by atoms with Crippen LogP contribution < -0.4 is 5.73 Å². The Morgan fingerprint density at radius 3 is 2.57 bits per heavy atom. The second kappa shape index (κ2) is 6.20. The van der Waals surface area contributed by atoms with Crippen molar-refractivity contribution in [2.75, 3.05) is 19.6 Å². The average Bonchev–Trinajstić information content (AvgIpc) is 2.20. The molecule has 1 aromatic rings. The first-order chi connectivity index (χ1) is 6.86. The normalized spacial score (nSPS) is 10.1. The zero-order valence-electron chi connectivity index (χ0n) is 8.32. The molecule has 0 bridgehead atoms. The molecule has 2 nitrogen and oxygen atoms in total. The van der Waals surface area contributed by atoms with Gasteiger partial charge in [-0.2, -0.15) is 0 Å². The molecule has 0 saturated heterocycles. The third-order valence-corrected chi connectivity index (χ3v) is 2.01. The molecule has 0 spiro atoms. The van der Waals surface area contributed by atoms with Gasteiger partial charge in [-0.1, -0.05) is 36.3 Å². The van der Waals surface area contributed by atoms with E-state index in [2.05, 4.69) is 23.0 Å². The Kier molecular flexibility index (Phi) is 4.77. The Hall–Kier alpha value is -1.30. The minimum Gasteiger partial charge on any atom is -0.329 e. The van der Waals surface area contributed by atoms with E-state index in [1.807, 2.05) is 18.2 Å². The van der Waals surface area contributed by atoms with Gasteiger partial charge in [0.25, 0.3) is 0 Å². The van der Waals surface area contributed by atoms with Crippen LogP contribution in [0.15, 0.2) is 30.3 Å². The van der Waals surface area contributed by atoms with Crippen LogP contribution in [-0.2, 0) is 6.54 Å². The zero-order valence-corrected chi connectivity index (χ0v) is 8.32. The Balaban J connectivity index is 2.52. The van der Waals surface area contributed by atoms with Gasteiger partial charge >= 0.3 is 0 Å². The van der Waals surface area contributed by atoms with Crippen LogP contribution in [0.25, 0.3) is 0 Å². The Labute approximate surface area is 85.7 Å². The molecule has 1 aromatic carbocycles. The fraction of sp³-hybridized carbons (Fsp3) is 0.333. The highest BCUT2D eigenvalue weighted by Crippen LogP contribution is 2.02. The van der Waals surface area contributed by atoms with E-state index in [0.29, 0.717) is 13.1 Å². The lowest BCUT2D eigenvalue weighted by Gasteiger charge is -2.18. The van der Waals surface area contributed by atoms with Crippen molar-refractivity contribution >= 4 is 0 Å². The minimum atomic E-state index is 0.647. The molecule has 0 fully saturated rings. The molecule has 0 aliphatic carbocycles. The van der Waals surface area contributed by atoms with Crippen LogP contribution in [0.5, 0.6) is 0 Å². The van der Waals surface area contributed by atoms with Crippen LogP contribution in [-0.4, -0.2) is 24.5 Å². The predicted molar refractivity (Wildman–Crippen MR) is 59.6 cm³/mol. The van der Waals surface area contributed by atoms with Gasteiger partial charge in [-0.3, -0.25) is 4.90 Å². The van der Waals surface area contributed by atoms with Gasteiger partial charge < -0.3 is 5.73 Å². The first kappa shape index (κ1) is 10.8. The summed E-state index contributed by atoms with van der Waals surface area (Å²) in [5.74, 6) is 2.64. The monoisotopic (exact) mass is 188 g/mol. The Morgan fingerprint density at radius 1 is 1.29 bits per heavy atom. The highest BCUT2D eigenvalue weighted by molar-refractivity contribution is 5.14. The van der Waals surface area contributed by atoms with Gasteiger partial charge in [0.15, 0.2) is 0 Å². The summed E-state index contributed by atoms with van der Waals surface area (Å²) >= 11 is 0. The highest BCUT2D eigenvalue weighted by atomic mass is 15.1. The quantitative estimate of drug-likeness (QED) is 0.701. The van der Waals surface area contributed by atoms with Crippen LogP contribution in [0.2, 0.25) is 0 Å². The lowest BCUT2D eigenvalue weighted by molar-refractivity contribution is 0.308. The molecule has 0 aromatic heterocycles. The standard InChI is InChI=1S/C12H16N2/c1-2-9-14(10-8-13)11-12-6-4-3-5-7-12/h1,3-7H,8-11,13H2. The van der Waals surface area contributed by atoms with Crippen molar-refractivity contribution in [3.63, 3.8) is 0 Å². The topological polar surface area (TPSA) is 29.3 Å². The van der Waals surface area contributed by atoms with Gasteiger partial charge in [-0.05, 0) is 5.56 Å². The summed E-state index contributed by atoms with van der Waals surface area (Å²) in [4.78, 5) is 2.16. The summed E-state index contributed by atoms with van der Waals surface area (Å²) in [6, 6.07) is 10.3. The van der Waals surface area contributed by atoms with Crippen molar-refractivity contribution in [3.05, 3.63) is 35.9 Å². The fourth-order valence-corrected chi connectivity index (χ4v) is 1.37. The van der Waals surface area contributed by atoms with E-state index in [1.54, 1.807) is 0 Å². The lowest BCUT2D eigenvalue weighted by atomic mass is 10.2. The number of nitrogens with zero attached hydrogens (tertiary/aromatic N) is 1. The molecule has 0 atom stereocenters. The van der Waals surface area contributed by atoms with Gasteiger partial charge in [-0.25, -0.2) is 0 Å². The van der Waals surface area contributed by atoms with Crippen molar-refractivity contribution < 1.29 is 0 Å². The first-order valence-electron chi connectivity index (χ1n) is 4.76. The van der Waals surface area contributed by atoms with Crippen molar-refractivity contribution in [1.29, 1.82) is 0 Å². The summed E-state index contributed by atoms with van der Waals surface area (Å²) in [6.45, 7) is 3.03. The number of hydrogen-bond acceptors (Lipinski definition) is 2. The molecule has 14 heavy (non-hydrogen) atoms. The molecule has 0 aliphatic rings. The molecular formula is C12H16N2. The number of rotatable bonds is 5. The van der Waals surface area contributed by atoms with Crippen molar-refractivity contribution in [3.8, 4) is 12.3 Å². The second-order valence-corrected chi connectivity index (χ2v) is 3.19. The summed E-state index contributed by atoms with van der Waals surface area (Å²) in [5, 5.41) is 0. The number of hydrogen-bond donors (Lipinski definition) is 1. The molecule has 2 heteroatoms. The van der Waals surface area contributed by atoms with Crippen LogP contribution in [0, 0.1) is 12.3 Å². The average molecular weight is 188 g/mol. The zero-order chi connectivity index (χ0) is 10.2. The third kappa shape index (κ3) is 3.61. The smallest absolute Gasteiger partial charge is 0.0602 e. The van der Waals surface area contributed by atoms with Crippen LogP contribution in [0.4, 0.5) is 0 Å². The van der Waals surface area contributed by atoms with E-state index in [-0.39, 0.29) is 0 Å². The molecule has 1 rings (SSSR count). The molecular weight excluding hydrogens is 172 g/mol. The SMILES string of the molecule is C#CCN(CCN)Cc1ccccc1. The summed E-state index contributed by atoms with van der Waals surface area (Å²) < 4.78 is 0. The van der Waals surface area contributed by atoms with Gasteiger partial charge in [0, 0.05) is 19.6 Å². The Bertz CT molecular complexity index is 287. The van der Waals surface area contributed by atoms with Crippen LogP contribution >= 0.6 is 0 Å². The highest BCUT2D eigenvalue weighted by Gasteiger charge is 2.02. The summed E-state index contributed by atoms with van der Waals surface area (Å²) in [7, 11) is 0. The maximum absolute atomic E-state index is 5.50. The molecule has 0 unspecified atom stereocenters. The molecule has 0 aliphatic heterocycles. The molecule has 0 saturated carbocycles. The number of terminal acetylenes is 1. The summed E-state index contributed by atoms with van der Waals surface area (Å²) in [6.07, 6.45) is 5.28. The van der Waals surface area contributed by atoms with Gasteiger partial charge in [0.1, 0.15) is 0 Å². The summed E-state index contributed by atoms with van der Waals surface area (Å²) in [5.41, 5.74) is 6.78. The van der Waals surface area contributed by atoms with Crippen molar-refractivity contribution in [2.24, 2.45) is 5.73 Å². The van der Waals surface area contributed by atoms with E-state index < -0.39 is 0 Å². The van der Waals surface area contributed by atoms with E-state index in [0.717, 1.165) is 13.1 Å². The largest absolute Gasteiger partial charge is 0.329 e. The molecule has 0 radical (unpaired) electrons. The number of benzene rings is 1. The number of nitrogens with two attached hydrogens (primary N) is 1. The van der Waals surface area contributed by atoms with E-state index in [9.17, 15) is 0 Å². The maximum atomic E-state index is 5.50. The van der Waals surface area contributed by atoms with E-state index in [4.69, 9.17) is 12.2 Å². The molecule has 0 amide bonds. The van der Waals surface area contributed by atoms with Gasteiger partial charge in [0.2, 0.25) is 0 Å². The van der Waals surface area contributed by atoms with E-state index in [1.165, 1.54) is 5.56 Å². The molecule has 74 valence electrons. The van der Waals surface area contributed by atoms with Crippen LogP contribution in [0.3, 0.4) is 0 Å². The maximum Gasteiger partial charge on any atom is 0.0602 e.